The van der Waals surface area contributed by atoms with Crippen LogP contribution in [0.1, 0.15) is 49.5 Å². The van der Waals surface area contributed by atoms with Crippen molar-refractivity contribution in [2.24, 2.45) is 0 Å². The molecule has 1 aliphatic rings. The molecule has 0 saturated heterocycles. The quantitative estimate of drug-likeness (QED) is 0.941. The van der Waals surface area contributed by atoms with Gasteiger partial charge in [0.25, 0.3) is 11.5 Å². The van der Waals surface area contributed by atoms with E-state index in [1.165, 1.54) is 22.8 Å². The van der Waals surface area contributed by atoms with Crippen LogP contribution in [-0.4, -0.2) is 16.5 Å². The minimum atomic E-state index is -0.410. The molecule has 1 aromatic heterocycles. The molecular formula is C18H21FN2O2. The first-order chi connectivity index (χ1) is 11.1. The van der Waals surface area contributed by atoms with E-state index in [1.54, 1.807) is 6.07 Å². The van der Waals surface area contributed by atoms with Crippen LogP contribution in [0.15, 0.2) is 29.1 Å². The van der Waals surface area contributed by atoms with Crippen molar-refractivity contribution in [1.82, 2.24) is 9.88 Å². The molecule has 0 unspecified atom stereocenters. The van der Waals surface area contributed by atoms with E-state index in [9.17, 15) is 14.0 Å². The highest BCUT2D eigenvalue weighted by atomic mass is 19.1. The average Bonchev–Trinajstić information content (AvgIpc) is 3.02. The normalized spacial score (nSPS) is 15.2. The lowest BCUT2D eigenvalue weighted by Gasteiger charge is -2.16. The highest BCUT2D eigenvalue weighted by molar-refractivity contribution is 5.96. The SMILES string of the molecule is CCCn1c(C(=O)NC2CCCC2)cc2cc(F)ccc2c1=O. The number of benzene rings is 1. The zero-order chi connectivity index (χ0) is 16.4. The molecule has 1 saturated carbocycles. The van der Waals surface area contributed by atoms with Crippen molar-refractivity contribution in [2.45, 2.75) is 51.6 Å². The van der Waals surface area contributed by atoms with E-state index in [-0.39, 0.29) is 17.5 Å². The summed E-state index contributed by atoms with van der Waals surface area (Å²) in [5, 5.41) is 3.92. The van der Waals surface area contributed by atoms with Gasteiger partial charge in [-0.1, -0.05) is 19.8 Å². The van der Waals surface area contributed by atoms with Gasteiger partial charge in [0, 0.05) is 18.0 Å². The summed E-state index contributed by atoms with van der Waals surface area (Å²) >= 11 is 0. The lowest BCUT2D eigenvalue weighted by Crippen LogP contribution is -2.37. The number of carbonyl (C=O) groups excluding carboxylic acids is 1. The molecule has 1 N–H and O–H groups in total. The first-order valence-corrected chi connectivity index (χ1v) is 8.24. The number of hydrogen-bond donors (Lipinski definition) is 1. The number of nitrogens with zero attached hydrogens (tertiary/aromatic N) is 1. The average molecular weight is 316 g/mol. The van der Waals surface area contributed by atoms with Crippen LogP contribution in [0, 0.1) is 5.82 Å². The predicted molar refractivity (Wildman–Crippen MR) is 88.2 cm³/mol. The third kappa shape index (κ3) is 3.14. The number of amides is 1. The molecular weight excluding hydrogens is 295 g/mol. The number of aromatic nitrogens is 1. The second kappa shape index (κ2) is 6.52. The van der Waals surface area contributed by atoms with Crippen molar-refractivity contribution in [3.63, 3.8) is 0 Å². The van der Waals surface area contributed by atoms with Crippen LogP contribution < -0.4 is 10.9 Å². The molecule has 1 heterocycles. The lowest BCUT2D eigenvalue weighted by atomic mass is 10.1. The maximum Gasteiger partial charge on any atom is 0.268 e. The van der Waals surface area contributed by atoms with Crippen molar-refractivity contribution < 1.29 is 9.18 Å². The Balaban J connectivity index is 2.07. The molecule has 3 rings (SSSR count). The van der Waals surface area contributed by atoms with Gasteiger partial charge >= 0.3 is 0 Å². The Hall–Kier alpha value is -2.17. The topological polar surface area (TPSA) is 51.1 Å². The third-order valence-corrected chi connectivity index (χ3v) is 4.44. The second-order valence-electron chi connectivity index (χ2n) is 6.17. The lowest BCUT2D eigenvalue weighted by molar-refractivity contribution is 0.0927. The molecule has 0 spiro atoms. The fourth-order valence-corrected chi connectivity index (χ4v) is 3.29. The van der Waals surface area contributed by atoms with E-state index in [2.05, 4.69) is 5.32 Å². The number of fused-ring (bicyclic) bond motifs is 1. The number of halogens is 1. The fourth-order valence-electron chi connectivity index (χ4n) is 3.29. The summed E-state index contributed by atoms with van der Waals surface area (Å²) in [6.07, 6.45) is 4.94. The molecule has 1 amide bonds. The van der Waals surface area contributed by atoms with Crippen LogP contribution in [0.3, 0.4) is 0 Å². The van der Waals surface area contributed by atoms with Crippen LogP contribution >= 0.6 is 0 Å². The maximum absolute atomic E-state index is 13.5. The van der Waals surface area contributed by atoms with Gasteiger partial charge in [0.15, 0.2) is 0 Å². The summed E-state index contributed by atoms with van der Waals surface area (Å²) in [5.74, 6) is -0.652. The number of carbonyl (C=O) groups is 1. The molecule has 122 valence electrons. The summed E-state index contributed by atoms with van der Waals surface area (Å²) < 4.78 is 15.0. The summed E-state index contributed by atoms with van der Waals surface area (Å²) in [4.78, 5) is 25.3. The second-order valence-corrected chi connectivity index (χ2v) is 6.17. The van der Waals surface area contributed by atoms with Crippen LogP contribution in [0.25, 0.3) is 10.8 Å². The van der Waals surface area contributed by atoms with Crippen LogP contribution in [-0.2, 0) is 6.54 Å². The zero-order valence-corrected chi connectivity index (χ0v) is 13.3. The first kappa shape index (κ1) is 15.7. The van der Waals surface area contributed by atoms with Crippen molar-refractivity contribution in [3.8, 4) is 0 Å². The standard InChI is InChI=1S/C18H21FN2O2/c1-2-9-21-16(17(22)20-14-5-3-4-6-14)11-12-10-13(19)7-8-15(12)18(21)23/h7-8,10-11,14H,2-6,9H2,1H3,(H,20,22). The van der Waals surface area contributed by atoms with E-state index in [0.717, 1.165) is 32.1 Å². The van der Waals surface area contributed by atoms with Crippen LogP contribution in [0.2, 0.25) is 0 Å². The minimum absolute atomic E-state index is 0.177. The Morgan fingerprint density at radius 3 is 2.74 bits per heavy atom. The Labute approximate surface area is 134 Å². The number of nitrogens with one attached hydrogen (secondary N) is 1. The van der Waals surface area contributed by atoms with Gasteiger partial charge in [-0.3, -0.25) is 9.59 Å². The van der Waals surface area contributed by atoms with Gasteiger partial charge in [-0.15, -0.1) is 0 Å². The first-order valence-electron chi connectivity index (χ1n) is 8.24. The summed E-state index contributed by atoms with van der Waals surface area (Å²) in [6, 6.07) is 5.87. The molecule has 1 aliphatic carbocycles. The zero-order valence-electron chi connectivity index (χ0n) is 13.3. The van der Waals surface area contributed by atoms with Gasteiger partial charge in [-0.05, 0) is 48.9 Å². The molecule has 4 nitrogen and oxygen atoms in total. The number of pyridine rings is 1. The van der Waals surface area contributed by atoms with Gasteiger partial charge in [-0.2, -0.15) is 0 Å². The van der Waals surface area contributed by atoms with Gasteiger partial charge < -0.3 is 9.88 Å². The van der Waals surface area contributed by atoms with Gasteiger partial charge in [0.05, 0.1) is 0 Å². The van der Waals surface area contributed by atoms with E-state index in [4.69, 9.17) is 0 Å². The Bertz CT molecular complexity index is 791. The number of hydrogen-bond acceptors (Lipinski definition) is 2. The van der Waals surface area contributed by atoms with Crippen molar-refractivity contribution >= 4 is 16.7 Å². The Morgan fingerprint density at radius 2 is 2.04 bits per heavy atom. The molecule has 1 fully saturated rings. The van der Waals surface area contributed by atoms with Crippen molar-refractivity contribution in [1.29, 1.82) is 0 Å². The van der Waals surface area contributed by atoms with Crippen molar-refractivity contribution in [2.75, 3.05) is 0 Å². The number of rotatable bonds is 4. The summed E-state index contributed by atoms with van der Waals surface area (Å²) in [5.41, 5.74) is 0.0859. The van der Waals surface area contributed by atoms with Gasteiger partial charge in [0.2, 0.25) is 0 Å². The molecule has 0 aliphatic heterocycles. The fraction of sp³-hybridized carbons (Fsp3) is 0.444. The summed E-state index contributed by atoms with van der Waals surface area (Å²) in [6.45, 7) is 2.43. The molecule has 0 radical (unpaired) electrons. The highest BCUT2D eigenvalue weighted by Crippen LogP contribution is 2.19. The predicted octanol–water partition coefficient (Wildman–Crippen LogP) is 3.22. The van der Waals surface area contributed by atoms with Gasteiger partial charge in [-0.25, -0.2) is 4.39 Å². The van der Waals surface area contributed by atoms with E-state index >= 15 is 0 Å². The molecule has 0 atom stereocenters. The van der Waals surface area contributed by atoms with E-state index in [1.807, 2.05) is 6.92 Å². The highest BCUT2D eigenvalue weighted by Gasteiger charge is 2.21. The molecule has 2 aromatic rings. The van der Waals surface area contributed by atoms with Crippen LogP contribution in [0.4, 0.5) is 4.39 Å². The smallest absolute Gasteiger partial charge is 0.268 e. The maximum atomic E-state index is 13.5. The van der Waals surface area contributed by atoms with E-state index in [0.29, 0.717) is 23.0 Å². The van der Waals surface area contributed by atoms with Gasteiger partial charge in [0.1, 0.15) is 11.5 Å². The van der Waals surface area contributed by atoms with E-state index < -0.39 is 5.82 Å². The Kier molecular flexibility index (Phi) is 4.46. The monoisotopic (exact) mass is 316 g/mol. The summed E-state index contributed by atoms with van der Waals surface area (Å²) in [7, 11) is 0. The molecule has 1 aromatic carbocycles. The Morgan fingerprint density at radius 1 is 1.30 bits per heavy atom. The third-order valence-electron chi connectivity index (χ3n) is 4.44. The largest absolute Gasteiger partial charge is 0.348 e. The van der Waals surface area contributed by atoms with Crippen molar-refractivity contribution in [3.05, 3.63) is 46.1 Å². The molecule has 5 heteroatoms. The minimum Gasteiger partial charge on any atom is -0.348 e. The molecule has 23 heavy (non-hydrogen) atoms. The van der Waals surface area contributed by atoms with Crippen LogP contribution in [0.5, 0.6) is 0 Å². The molecule has 0 bridgehead atoms.